The van der Waals surface area contributed by atoms with Crippen molar-refractivity contribution in [3.8, 4) is 0 Å². The highest BCUT2D eigenvalue weighted by molar-refractivity contribution is 8.02. The molecule has 1 aliphatic rings. The number of carbonyl (C=O) groups excluding carboxylic acids is 1. The molecule has 1 saturated heterocycles. The monoisotopic (exact) mass is 285 g/mol. The molecule has 1 fully saturated rings. The second kappa shape index (κ2) is 5.27. The fourth-order valence-electron chi connectivity index (χ4n) is 2.11. The number of thioether (sulfide) groups is 1. The van der Waals surface area contributed by atoms with Crippen LogP contribution in [0.15, 0.2) is 16.9 Å². The van der Waals surface area contributed by atoms with Crippen LogP contribution in [0.4, 0.5) is 0 Å². The van der Waals surface area contributed by atoms with Crippen LogP contribution in [-0.4, -0.2) is 45.0 Å². The number of carbonyl (C=O) groups is 1. The normalized spacial score (nSPS) is 18.6. The molecular weight excluding hydrogens is 270 g/mol. The molecule has 0 atom stereocenters. The van der Waals surface area contributed by atoms with Gasteiger partial charge in [0.2, 0.25) is 0 Å². The van der Waals surface area contributed by atoms with Gasteiger partial charge in [0.1, 0.15) is 6.26 Å². The number of thiocarbonyl (C=S) groups is 1. The van der Waals surface area contributed by atoms with Crippen LogP contribution >= 0.6 is 24.0 Å². The Morgan fingerprint density at radius 2 is 2.28 bits per heavy atom. The van der Waals surface area contributed by atoms with Crippen LogP contribution in [0.5, 0.6) is 0 Å². The van der Waals surface area contributed by atoms with E-state index in [9.17, 15) is 4.79 Å². The van der Waals surface area contributed by atoms with Crippen molar-refractivity contribution in [2.45, 2.75) is 17.6 Å². The van der Waals surface area contributed by atoms with Crippen LogP contribution in [0.25, 0.3) is 0 Å². The predicted molar refractivity (Wildman–Crippen MR) is 74.7 cm³/mol. The maximum absolute atomic E-state index is 12.1. The lowest BCUT2D eigenvalue weighted by Gasteiger charge is -2.39. The molecule has 5 nitrogen and oxygen atoms in total. The topological polar surface area (TPSA) is 72.4 Å². The van der Waals surface area contributed by atoms with Crippen LogP contribution in [0.2, 0.25) is 0 Å². The Balaban J connectivity index is 2.02. The van der Waals surface area contributed by atoms with Gasteiger partial charge in [0.25, 0.3) is 5.91 Å². The first-order valence-electron chi connectivity index (χ1n) is 5.64. The van der Waals surface area contributed by atoms with Crippen LogP contribution in [-0.2, 0) is 0 Å². The first kappa shape index (κ1) is 13.4. The molecule has 1 amide bonds. The average molecular weight is 285 g/mol. The quantitative estimate of drug-likeness (QED) is 0.844. The molecule has 0 aliphatic carbocycles. The van der Waals surface area contributed by atoms with Crippen molar-refractivity contribution >= 4 is 34.9 Å². The molecule has 7 heteroatoms. The highest BCUT2D eigenvalue weighted by Gasteiger charge is 2.38. The molecule has 0 aromatic carbocycles. The van der Waals surface area contributed by atoms with E-state index in [1.165, 1.54) is 6.26 Å². The molecule has 0 bridgehead atoms. The van der Waals surface area contributed by atoms with E-state index in [4.69, 9.17) is 18.0 Å². The van der Waals surface area contributed by atoms with Gasteiger partial charge in [-0.1, -0.05) is 17.4 Å². The van der Waals surface area contributed by atoms with E-state index in [0.29, 0.717) is 23.8 Å². The molecule has 0 saturated carbocycles. The summed E-state index contributed by atoms with van der Waals surface area (Å²) in [7, 11) is 0. The van der Waals surface area contributed by atoms with Crippen molar-refractivity contribution in [3.05, 3.63) is 18.0 Å². The summed E-state index contributed by atoms with van der Waals surface area (Å²) < 4.78 is 4.51. The van der Waals surface area contributed by atoms with Gasteiger partial charge in [-0.2, -0.15) is 11.8 Å². The van der Waals surface area contributed by atoms with Gasteiger partial charge in [-0.25, -0.2) is 0 Å². The standard InChI is InChI=1S/C11H15N3O2S2/c1-18-11(10(12)17)3-5-14(6-4-11)9(15)8-2-7-16-13-8/h2,7H,3-6H2,1H3,(H2,12,17). The molecule has 1 aliphatic heterocycles. The summed E-state index contributed by atoms with van der Waals surface area (Å²) in [6.07, 6.45) is 4.98. The van der Waals surface area contributed by atoms with Crippen LogP contribution in [0, 0.1) is 0 Å². The Hall–Kier alpha value is -1.08. The third-order valence-corrected chi connectivity index (χ3v) is 5.28. The second-order valence-electron chi connectivity index (χ2n) is 4.24. The summed E-state index contributed by atoms with van der Waals surface area (Å²) in [5.41, 5.74) is 6.16. The smallest absolute Gasteiger partial charge is 0.276 e. The van der Waals surface area contributed by atoms with Crippen molar-refractivity contribution < 1.29 is 9.32 Å². The summed E-state index contributed by atoms with van der Waals surface area (Å²) in [4.78, 5) is 14.4. The SMILES string of the molecule is CSC1(C(N)=S)CCN(C(=O)c2ccon2)CC1. The van der Waals surface area contributed by atoms with Crippen molar-refractivity contribution in [1.29, 1.82) is 0 Å². The van der Waals surface area contributed by atoms with Crippen LogP contribution < -0.4 is 5.73 Å². The number of amides is 1. The number of nitrogens with zero attached hydrogens (tertiary/aromatic N) is 2. The highest BCUT2D eigenvalue weighted by Crippen LogP contribution is 2.35. The summed E-state index contributed by atoms with van der Waals surface area (Å²) in [6, 6.07) is 1.58. The van der Waals surface area contributed by atoms with Gasteiger partial charge in [0.05, 0.1) is 9.74 Å². The molecule has 2 N–H and O–H groups in total. The van der Waals surface area contributed by atoms with E-state index in [1.54, 1.807) is 22.7 Å². The largest absolute Gasteiger partial charge is 0.392 e. The minimum Gasteiger partial charge on any atom is -0.392 e. The van der Waals surface area contributed by atoms with Crippen molar-refractivity contribution in [3.63, 3.8) is 0 Å². The van der Waals surface area contributed by atoms with Gasteiger partial charge in [-0.3, -0.25) is 4.79 Å². The van der Waals surface area contributed by atoms with Crippen molar-refractivity contribution in [2.24, 2.45) is 5.73 Å². The minimum absolute atomic E-state index is 0.0959. The molecule has 2 rings (SSSR count). The zero-order valence-corrected chi connectivity index (χ0v) is 11.7. The number of nitrogens with two attached hydrogens (primary N) is 1. The second-order valence-corrected chi connectivity index (χ2v) is 5.87. The number of piperidine rings is 1. The molecular formula is C11H15N3O2S2. The first-order valence-corrected chi connectivity index (χ1v) is 7.27. The van der Waals surface area contributed by atoms with Gasteiger partial charge in [-0.15, -0.1) is 0 Å². The zero-order valence-electron chi connectivity index (χ0n) is 10.1. The van der Waals surface area contributed by atoms with E-state index in [0.717, 1.165) is 12.8 Å². The molecule has 2 heterocycles. The number of rotatable bonds is 3. The van der Waals surface area contributed by atoms with Gasteiger partial charge >= 0.3 is 0 Å². The third kappa shape index (κ3) is 2.37. The molecule has 0 unspecified atom stereocenters. The molecule has 98 valence electrons. The van der Waals surface area contributed by atoms with Crippen molar-refractivity contribution in [2.75, 3.05) is 19.3 Å². The summed E-state index contributed by atoms with van der Waals surface area (Å²) >= 11 is 6.81. The Bertz CT molecular complexity index is 439. The number of likely N-dealkylation sites (tertiary alicyclic amines) is 1. The molecule has 0 radical (unpaired) electrons. The summed E-state index contributed by atoms with van der Waals surface area (Å²) in [6.45, 7) is 1.29. The zero-order chi connectivity index (χ0) is 13.2. The number of hydrogen-bond donors (Lipinski definition) is 1. The predicted octanol–water partition coefficient (Wildman–Crippen LogP) is 1.30. The van der Waals surface area contributed by atoms with Crippen molar-refractivity contribution in [1.82, 2.24) is 10.1 Å². The van der Waals surface area contributed by atoms with E-state index < -0.39 is 0 Å². The minimum atomic E-state index is -0.171. The third-order valence-electron chi connectivity index (χ3n) is 3.36. The lowest BCUT2D eigenvalue weighted by atomic mass is 9.95. The molecule has 18 heavy (non-hydrogen) atoms. The molecule has 0 spiro atoms. The highest BCUT2D eigenvalue weighted by atomic mass is 32.2. The Kier molecular flexibility index (Phi) is 3.91. The van der Waals surface area contributed by atoms with E-state index in [2.05, 4.69) is 9.68 Å². The summed E-state index contributed by atoms with van der Waals surface area (Å²) in [5, 5.41) is 3.66. The van der Waals surface area contributed by atoms with Crippen LogP contribution in [0.3, 0.4) is 0 Å². The van der Waals surface area contributed by atoms with Gasteiger partial charge < -0.3 is 15.2 Å². The fourth-order valence-corrected chi connectivity index (χ4v) is 3.35. The van der Waals surface area contributed by atoms with Gasteiger partial charge in [0, 0.05) is 19.2 Å². The van der Waals surface area contributed by atoms with Crippen LogP contribution in [0.1, 0.15) is 23.3 Å². The fraction of sp³-hybridized carbons (Fsp3) is 0.545. The van der Waals surface area contributed by atoms with E-state index in [1.807, 2.05) is 6.26 Å². The van der Waals surface area contributed by atoms with E-state index >= 15 is 0 Å². The maximum Gasteiger partial charge on any atom is 0.276 e. The Morgan fingerprint density at radius 1 is 1.61 bits per heavy atom. The number of aromatic nitrogens is 1. The maximum atomic E-state index is 12.1. The molecule has 1 aromatic rings. The molecule has 1 aromatic heterocycles. The Morgan fingerprint density at radius 3 is 2.72 bits per heavy atom. The number of hydrogen-bond acceptors (Lipinski definition) is 5. The van der Waals surface area contributed by atoms with E-state index in [-0.39, 0.29) is 10.7 Å². The van der Waals surface area contributed by atoms with Gasteiger partial charge in [0.15, 0.2) is 5.69 Å². The first-order chi connectivity index (χ1) is 8.59. The van der Waals surface area contributed by atoms with Gasteiger partial charge in [-0.05, 0) is 19.1 Å². The summed E-state index contributed by atoms with van der Waals surface area (Å²) in [5.74, 6) is -0.0959. The lowest BCUT2D eigenvalue weighted by molar-refractivity contribution is 0.0708. The Labute approximate surface area is 115 Å². The lowest BCUT2D eigenvalue weighted by Crippen LogP contribution is -2.50. The average Bonchev–Trinajstić information content (AvgIpc) is 2.91.